The van der Waals surface area contributed by atoms with E-state index >= 15 is 0 Å². The number of aryl methyl sites for hydroxylation is 1. The van der Waals surface area contributed by atoms with E-state index in [0.29, 0.717) is 12.0 Å². The molecule has 0 bridgehead atoms. The van der Waals surface area contributed by atoms with E-state index in [0.717, 1.165) is 31.5 Å². The number of fused-ring (bicyclic) bond motifs is 1. The Hall–Kier alpha value is -0.900. The van der Waals surface area contributed by atoms with Crippen LogP contribution >= 0.6 is 0 Å². The second-order valence-corrected chi connectivity index (χ2v) is 7.07. The van der Waals surface area contributed by atoms with Gasteiger partial charge in [-0.3, -0.25) is 4.90 Å². The van der Waals surface area contributed by atoms with Gasteiger partial charge in [-0.2, -0.15) is 0 Å². The first kappa shape index (κ1) is 15.0. The Bertz CT molecular complexity index is 488. The van der Waals surface area contributed by atoms with Crippen LogP contribution in [0.2, 0.25) is 0 Å². The van der Waals surface area contributed by atoms with Gasteiger partial charge in [-0.25, -0.2) is 0 Å². The zero-order valence-corrected chi connectivity index (χ0v) is 13.5. The van der Waals surface area contributed by atoms with Crippen LogP contribution in [0.1, 0.15) is 37.0 Å². The van der Waals surface area contributed by atoms with Gasteiger partial charge in [0.15, 0.2) is 0 Å². The van der Waals surface area contributed by atoms with Crippen molar-refractivity contribution in [2.24, 2.45) is 5.92 Å². The number of nitrogens with zero attached hydrogens (tertiary/aromatic N) is 2. The molecule has 4 atom stereocenters. The minimum absolute atomic E-state index is 0.279. The maximum absolute atomic E-state index is 10.9. The van der Waals surface area contributed by atoms with Crippen molar-refractivity contribution in [2.45, 2.75) is 44.4 Å². The van der Waals surface area contributed by atoms with Crippen molar-refractivity contribution in [3.63, 3.8) is 0 Å². The van der Waals surface area contributed by atoms with E-state index in [-0.39, 0.29) is 12.1 Å². The first-order valence-electron chi connectivity index (χ1n) is 8.24. The lowest BCUT2D eigenvalue weighted by molar-refractivity contribution is 0.0541. The second-order valence-electron chi connectivity index (χ2n) is 7.07. The number of benzene rings is 1. The van der Waals surface area contributed by atoms with Gasteiger partial charge in [-0.1, -0.05) is 31.2 Å². The van der Waals surface area contributed by atoms with Crippen LogP contribution in [0.5, 0.6) is 0 Å². The zero-order chi connectivity index (χ0) is 15.0. The molecule has 0 amide bonds. The molecule has 0 aromatic heterocycles. The van der Waals surface area contributed by atoms with Gasteiger partial charge in [0.25, 0.3) is 0 Å². The average molecular weight is 288 g/mol. The van der Waals surface area contributed by atoms with Crippen molar-refractivity contribution in [2.75, 3.05) is 27.2 Å². The number of hydrogen-bond acceptors (Lipinski definition) is 3. The Kier molecular flexibility index (Phi) is 4.34. The van der Waals surface area contributed by atoms with E-state index in [1.807, 2.05) is 0 Å². The third kappa shape index (κ3) is 2.87. The quantitative estimate of drug-likeness (QED) is 0.846. The van der Waals surface area contributed by atoms with Crippen LogP contribution in [0.4, 0.5) is 0 Å². The maximum atomic E-state index is 10.9. The fraction of sp³-hybridized carbons (Fsp3) is 0.667. The Morgan fingerprint density at radius 3 is 2.67 bits per heavy atom. The second kappa shape index (κ2) is 6.07. The Morgan fingerprint density at radius 1 is 1.19 bits per heavy atom. The van der Waals surface area contributed by atoms with Crippen LogP contribution in [0.15, 0.2) is 24.3 Å². The molecule has 3 heteroatoms. The molecule has 4 unspecified atom stereocenters. The third-order valence-electron chi connectivity index (χ3n) is 5.42. The lowest BCUT2D eigenvalue weighted by atomic mass is 9.98. The number of aliphatic hydroxyl groups excluding tert-OH is 1. The van der Waals surface area contributed by atoms with Gasteiger partial charge >= 0.3 is 0 Å². The highest BCUT2D eigenvalue weighted by atomic mass is 16.3. The van der Waals surface area contributed by atoms with Gasteiger partial charge < -0.3 is 10.0 Å². The predicted molar refractivity (Wildman–Crippen MR) is 86.3 cm³/mol. The summed E-state index contributed by atoms with van der Waals surface area (Å²) in [6.45, 7) is 4.52. The van der Waals surface area contributed by atoms with Gasteiger partial charge in [-0.05, 0) is 50.4 Å². The summed E-state index contributed by atoms with van der Waals surface area (Å²) in [6, 6.07) is 9.32. The average Bonchev–Trinajstić information content (AvgIpc) is 2.77. The number of hydrogen-bond donors (Lipinski definition) is 1. The van der Waals surface area contributed by atoms with Crippen LogP contribution in [0, 0.1) is 5.92 Å². The molecule has 116 valence electrons. The lowest BCUT2D eigenvalue weighted by Crippen LogP contribution is -2.40. The Labute approximate surface area is 128 Å². The molecule has 0 radical (unpaired) electrons. The fourth-order valence-electron chi connectivity index (χ4n) is 4.23. The van der Waals surface area contributed by atoms with Crippen LogP contribution < -0.4 is 0 Å². The van der Waals surface area contributed by atoms with E-state index in [2.05, 4.69) is 55.1 Å². The molecule has 1 heterocycles. The summed E-state index contributed by atoms with van der Waals surface area (Å²) in [5, 5.41) is 10.9. The first-order chi connectivity index (χ1) is 10.1. The Morgan fingerprint density at radius 2 is 1.95 bits per heavy atom. The number of likely N-dealkylation sites (tertiary alicyclic amines) is 1. The van der Waals surface area contributed by atoms with Gasteiger partial charge in [0.2, 0.25) is 0 Å². The van der Waals surface area contributed by atoms with Crippen molar-refractivity contribution in [1.29, 1.82) is 0 Å². The molecule has 1 aromatic carbocycles. The molecule has 3 rings (SSSR count). The lowest BCUT2D eigenvalue weighted by Gasteiger charge is -2.31. The van der Waals surface area contributed by atoms with E-state index in [4.69, 9.17) is 0 Å². The SMILES string of the molecule is CC1CN(C2CCCc3ccccc3C2O)CC1N(C)C. The highest BCUT2D eigenvalue weighted by Gasteiger charge is 2.38. The molecule has 1 aliphatic heterocycles. The topological polar surface area (TPSA) is 26.7 Å². The summed E-state index contributed by atoms with van der Waals surface area (Å²) in [7, 11) is 4.34. The van der Waals surface area contributed by atoms with E-state index < -0.39 is 0 Å². The molecular formula is C18H28N2O. The predicted octanol–water partition coefficient (Wildman–Crippen LogP) is 2.31. The highest BCUT2D eigenvalue weighted by molar-refractivity contribution is 5.31. The summed E-state index contributed by atoms with van der Waals surface area (Å²) in [5.74, 6) is 0.672. The molecular weight excluding hydrogens is 260 g/mol. The van der Waals surface area contributed by atoms with Gasteiger partial charge in [0.05, 0.1) is 6.10 Å². The maximum Gasteiger partial charge on any atom is 0.0947 e. The van der Waals surface area contributed by atoms with Gasteiger partial charge in [0, 0.05) is 25.2 Å². The van der Waals surface area contributed by atoms with E-state index in [9.17, 15) is 5.11 Å². The smallest absolute Gasteiger partial charge is 0.0947 e. The molecule has 1 aromatic rings. The molecule has 1 N–H and O–H groups in total. The molecule has 1 aliphatic carbocycles. The van der Waals surface area contributed by atoms with Crippen molar-refractivity contribution in [1.82, 2.24) is 9.80 Å². The summed E-state index contributed by atoms with van der Waals surface area (Å²) in [6.07, 6.45) is 3.04. The minimum atomic E-state index is -0.336. The summed E-state index contributed by atoms with van der Waals surface area (Å²) >= 11 is 0. The minimum Gasteiger partial charge on any atom is -0.387 e. The first-order valence-corrected chi connectivity index (χ1v) is 8.24. The molecule has 1 saturated heterocycles. The molecule has 2 aliphatic rings. The molecule has 1 fully saturated rings. The van der Waals surface area contributed by atoms with Crippen LogP contribution in [-0.4, -0.2) is 54.2 Å². The monoisotopic (exact) mass is 288 g/mol. The molecule has 0 saturated carbocycles. The summed E-state index contributed by atoms with van der Waals surface area (Å²) < 4.78 is 0. The van der Waals surface area contributed by atoms with Crippen LogP contribution in [-0.2, 0) is 6.42 Å². The van der Waals surface area contributed by atoms with Crippen molar-refractivity contribution >= 4 is 0 Å². The van der Waals surface area contributed by atoms with Gasteiger partial charge in [-0.15, -0.1) is 0 Å². The number of aliphatic hydroxyl groups is 1. The molecule has 0 spiro atoms. The molecule has 21 heavy (non-hydrogen) atoms. The van der Waals surface area contributed by atoms with Gasteiger partial charge in [0.1, 0.15) is 0 Å². The summed E-state index contributed by atoms with van der Waals surface area (Å²) in [5.41, 5.74) is 2.49. The number of likely N-dealkylation sites (N-methyl/N-ethyl adjacent to an activating group) is 1. The normalized spacial score (nSPS) is 34.0. The van der Waals surface area contributed by atoms with E-state index in [1.165, 1.54) is 12.0 Å². The van der Waals surface area contributed by atoms with Crippen LogP contribution in [0.25, 0.3) is 0 Å². The summed E-state index contributed by atoms with van der Waals surface area (Å²) in [4.78, 5) is 4.86. The van der Waals surface area contributed by atoms with Crippen LogP contribution in [0.3, 0.4) is 0 Å². The fourth-order valence-corrected chi connectivity index (χ4v) is 4.23. The zero-order valence-electron chi connectivity index (χ0n) is 13.5. The van der Waals surface area contributed by atoms with Crippen molar-refractivity contribution < 1.29 is 5.11 Å². The highest BCUT2D eigenvalue weighted by Crippen LogP contribution is 2.34. The third-order valence-corrected chi connectivity index (χ3v) is 5.42. The largest absolute Gasteiger partial charge is 0.387 e. The van der Waals surface area contributed by atoms with E-state index in [1.54, 1.807) is 0 Å². The van der Waals surface area contributed by atoms with Crippen molar-refractivity contribution in [3.8, 4) is 0 Å². The standard InChI is InChI=1S/C18H28N2O/c1-13-11-20(12-17(13)19(2)3)16-10-6-8-14-7-4-5-9-15(14)18(16)21/h4-5,7,9,13,16-18,21H,6,8,10-12H2,1-3H3. The molecule has 3 nitrogen and oxygen atoms in total. The number of rotatable bonds is 2. The van der Waals surface area contributed by atoms with Crippen molar-refractivity contribution in [3.05, 3.63) is 35.4 Å². The Balaban J connectivity index is 1.80.